The van der Waals surface area contributed by atoms with Gasteiger partial charge in [0.1, 0.15) is 25.0 Å². The van der Waals surface area contributed by atoms with E-state index in [0.29, 0.717) is 31.6 Å². The maximum Gasteiger partial charge on any atom is 0.329 e. The largest absolute Gasteiger partial charge is 0.481 e. The average molecular weight is 734 g/mol. The molecule has 0 aliphatic rings. The van der Waals surface area contributed by atoms with Crippen molar-refractivity contribution in [1.82, 2.24) is 16.0 Å². The zero-order valence-electron chi connectivity index (χ0n) is 30.3. The normalized spacial score (nSPS) is 11.6. The smallest absolute Gasteiger partial charge is 0.329 e. The second kappa shape index (κ2) is 35.2. The van der Waals surface area contributed by atoms with Crippen molar-refractivity contribution in [2.45, 2.75) is 115 Å². The zero-order chi connectivity index (χ0) is 37.8. The molecule has 0 saturated heterocycles. The molecule has 0 aromatic heterocycles. The van der Waals surface area contributed by atoms with E-state index in [1.807, 2.05) is 0 Å². The predicted molar refractivity (Wildman–Crippen MR) is 187 cm³/mol. The molecule has 0 aromatic carbocycles. The standard InChI is InChI=1S/C35H63N3O13/c39-29(14-10-6-7-11-15-33(42)43)13-9-5-3-1-2-4-8-12-18-36-30(35(46)47)16-17-31(40)37-19-21-48-23-25-50-27-32(41)38-20-22-49-24-26-51-28-34(44)45/h30,36H,1-28H2,(H,37,40)(H,38,41)(H,42,43)(H,44,45)(H,46,47)/t30-/m0/s1. The van der Waals surface area contributed by atoms with E-state index >= 15 is 0 Å². The number of aliphatic carboxylic acids is 3. The minimum Gasteiger partial charge on any atom is -0.481 e. The third-order valence-corrected chi connectivity index (χ3v) is 7.67. The summed E-state index contributed by atoms with van der Waals surface area (Å²) in [5.74, 6) is -3.08. The number of hydrogen-bond donors (Lipinski definition) is 6. The lowest BCUT2D eigenvalue weighted by molar-refractivity contribution is -0.143. The summed E-state index contributed by atoms with van der Waals surface area (Å²) in [4.78, 5) is 68.2. The molecule has 0 rings (SSSR count). The van der Waals surface area contributed by atoms with Gasteiger partial charge in [0.05, 0.1) is 39.6 Å². The summed E-state index contributed by atoms with van der Waals surface area (Å²) in [6.07, 6.45) is 13.2. The first kappa shape index (κ1) is 47.8. The number of ether oxygens (including phenoxy) is 4. The molecular formula is C35H63N3O13. The molecule has 1 atom stereocenters. The minimum atomic E-state index is -1.05. The first-order valence-corrected chi connectivity index (χ1v) is 18.4. The van der Waals surface area contributed by atoms with Crippen molar-refractivity contribution in [3.05, 3.63) is 0 Å². The fourth-order valence-electron chi connectivity index (χ4n) is 4.88. The van der Waals surface area contributed by atoms with Crippen LogP contribution in [-0.2, 0) is 47.7 Å². The van der Waals surface area contributed by atoms with Gasteiger partial charge in [-0.15, -0.1) is 0 Å². The van der Waals surface area contributed by atoms with Crippen molar-refractivity contribution < 1.29 is 63.0 Å². The van der Waals surface area contributed by atoms with E-state index in [4.69, 9.17) is 29.2 Å². The summed E-state index contributed by atoms with van der Waals surface area (Å²) < 4.78 is 20.6. The Bertz CT molecular complexity index is 952. The number of Topliss-reactive ketones (excluding diaryl/α,β-unsaturated/α-hetero) is 1. The van der Waals surface area contributed by atoms with E-state index < -0.39 is 23.9 Å². The van der Waals surface area contributed by atoms with Crippen molar-refractivity contribution in [3.63, 3.8) is 0 Å². The van der Waals surface area contributed by atoms with Crippen LogP contribution in [0.1, 0.15) is 109 Å². The van der Waals surface area contributed by atoms with Crippen LogP contribution in [0.4, 0.5) is 0 Å². The van der Waals surface area contributed by atoms with Crippen molar-refractivity contribution in [2.24, 2.45) is 0 Å². The Labute approximate surface area is 302 Å². The van der Waals surface area contributed by atoms with Gasteiger partial charge in [-0.1, -0.05) is 51.4 Å². The number of nitrogens with one attached hydrogen (secondary N) is 3. The average Bonchev–Trinajstić information content (AvgIpc) is 3.08. The van der Waals surface area contributed by atoms with Crippen LogP contribution in [0.15, 0.2) is 0 Å². The van der Waals surface area contributed by atoms with Gasteiger partial charge in [-0.3, -0.25) is 24.0 Å². The summed E-state index contributed by atoms with van der Waals surface area (Å²) in [5, 5.41) is 34.9. The topological polar surface area (TPSA) is 236 Å². The number of unbranched alkanes of at least 4 members (excludes halogenated alkanes) is 10. The number of amides is 2. The van der Waals surface area contributed by atoms with Gasteiger partial charge in [0, 0.05) is 38.8 Å². The Hall–Kier alpha value is -3.18. The van der Waals surface area contributed by atoms with Crippen molar-refractivity contribution in [1.29, 1.82) is 0 Å². The van der Waals surface area contributed by atoms with E-state index in [1.54, 1.807) is 0 Å². The maximum absolute atomic E-state index is 12.1. The lowest BCUT2D eigenvalue weighted by atomic mass is 10.0. The Morgan fingerprint density at radius 3 is 1.45 bits per heavy atom. The van der Waals surface area contributed by atoms with E-state index in [9.17, 15) is 33.9 Å². The SMILES string of the molecule is O=C(O)CCCCCCC(=O)CCCCCCCCCCN[C@@H](CCC(=O)NCCOCCOCC(=O)NCCOCCOCC(=O)O)C(=O)O. The lowest BCUT2D eigenvalue weighted by Gasteiger charge is -2.14. The minimum absolute atomic E-state index is 0.0753. The van der Waals surface area contributed by atoms with Gasteiger partial charge in [0.15, 0.2) is 0 Å². The van der Waals surface area contributed by atoms with Crippen molar-refractivity contribution in [2.75, 3.05) is 72.5 Å². The van der Waals surface area contributed by atoms with Crippen LogP contribution in [0.25, 0.3) is 0 Å². The van der Waals surface area contributed by atoms with E-state index in [1.165, 1.54) is 0 Å². The van der Waals surface area contributed by atoms with Crippen LogP contribution in [0.2, 0.25) is 0 Å². The number of carboxylic acids is 3. The van der Waals surface area contributed by atoms with Gasteiger partial charge in [-0.05, 0) is 38.6 Å². The number of carboxylic acid groups (broad SMARTS) is 3. The Balaban J connectivity index is 3.60. The molecule has 0 aliphatic heterocycles. The predicted octanol–water partition coefficient (Wildman–Crippen LogP) is 2.70. The van der Waals surface area contributed by atoms with Gasteiger partial charge in [-0.2, -0.15) is 0 Å². The molecule has 0 fully saturated rings. The number of hydrogen-bond acceptors (Lipinski definition) is 11. The molecule has 51 heavy (non-hydrogen) atoms. The van der Waals surface area contributed by atoms with Gasteiger partial charge in [0.2, 0.25) is 11.8 Å². The maximum atomic E-state index is 12.1. The van der Waals surface area contributed by atoms with E-state index in [0.717, 1.165) is 70.6 Å². The molecule has 16 heteroatoms. The number of carbonyl (C=O) groups excluding carboxylic acids is 3. The second-order valence-electron chi connectivity index (χ2n) is 12.2. The zero-order valence-corrected chi connectivity index (χ0v) is 30.3. The molecule has 0 spiro atoms. The lowest BCUT2D eigenvalue weighted by Crippen LogP contribution is -2.38. The van der Waals surface area contributed by atoms with Gasteiger partial charge < -0.3 is 50.2 Å². The summed E-state index contributed by atoms with van der Waals surface area (Å²) >= 11 is 0. The quantitative estimate of drug-likeness (QED) is 0.0499. The second-order valence-corrected chi connectivity index (χ2v) is 12.2. The fraction of sp³-hybridized carbons (Fsp3) is 0.829. The number of carbonyl (C=O) groups is 6. The first-order chi connectivity index (χ1) is 24.6. The monoisotopic (exact) mass is 733 g/mol. The summed E-state index contributed by atoms with van der Waals surface area (Å²) in [5.41, 5.74) is 0. The number of ketones is 1. The molecule has 0 aromatic rings. The van der Waals surface area contributed by atoms with Crippen LogP contribution in [0.3, 0.4) is 0 Å². The van der Waals surface area contributed by atoms with E-state index in [-0.39, 0.29) is 97.0 Å². The van der Waals surface area contributed by atoms with Gasteiger partial charge >= 0.3 is 17.9 Å². The highest BCUT2D eigenvalue weighted by molar-refractivity contribution is 5.79. The summed E-state index contributed by atoms with van der Waals surface area (Å²) in [6, 6.07) is -0.793. The summed E-state index contributed by atoms with van der Waals surface area (Å²) in [7, 11) is 0. The third kappa shape index (κ3) is 36.4. The highest BCUT2D eigenvalue weighted by Crippen LogP contribution is 2.12. The third-order valence-electron chi connectivity index (χ3n) is 7.67. The molecule has 2 amide bonds. The molecule has 0 bridgehead atoms. The van der Waals surface area contributed by atoms with Crippen molar-refractivity contribution in [3.8, 4) is 0 Å². The molecule has 16 nitrogen and oxygen atoms in total. The molecule has 0 heterocycles. The molecule has 0 unspecified atom stereocenters. The molecule has 0 radical (unpaired) electrons. The van der Waals surface area contributed by atoms with Crippen LogP contribution >= 0.6 is 0 Å². The molecule has 296 valence electrons. The van der Waals surface area contributed by atoms with Crippen LogP contribution < -0.4 is 16.0 Å². The molecular weight excluding hydrogens is 670 g/mol. The molecule has 6 N–H and O–H groups in total. The Morgan fingerprint density at radius 2 is 0.922 bits per heavy atom. The molecule has 0 saturated carbocycles. The first-order valence-electron chi connectivity index (χ1n) is 18.4. The fourth-order valence-corrected chi connectivity index (χ4v) is 4.88. The highest BCUT2D eigenvalue weighted by atomic mass is 16.5. The van der Waals surface area contributed by atoms with E-state index in [2.05, 4.69) is 16.0 Å². The number of rotatable bonds is 39. The Morgan fingerprint density at radius 1 is 0.451 bits per heavy atom. The van der Waals surface area contributed by atoms with Gasteiger partial charge in [-0.25, -0.2) is 4.79 Å². The highest BCUT2D eigenvalue weighted by Gasteiger charge is 2.17. The van der Waals surface area contributed by atoms with Crippen LogP contribution in [-0.4, -0.2) is 129 Å². The van der Waals surface area contributed by atoms with Gasteiger partial charge in [0.25, 0.3) is 0 Å². The summed E-state index contributed by atoms with van der Waals surface area (Å²) in [6.45, 7) is 1.88. The van der Waals surface area contributed by atoms with Crippen molar-refractivity contribution >= 4 is 35.5 Å². The van der Waals surface area contributed by atoms with Crippen LogP contribution in [0.5, 0.6) is 0 Å². The Kier molecular flexibility index (Phi) is 33.0. The molecule has 0 aliphatic carbocycles. The van der Waals surface area contributed by atoms with Crippen LogP contribution in [0, 0.1) is 0 Å².